The summed E-state index contributed by atoms with van der Waals surface area (Å²) in [6, 6.07) is -0.753. The van der Waals surface area contributed by atoms with E-state index in [1.54, 1.807) is 5.32 Å². The van der Waals surface area contributed by atoms with Crippen molar-refractivity contribution in [3.63, 3.8) is 0 Å². The predicted octanol–water partition coefficient (Wildman–Crippen LogP) is 0.350. The number of nitrogens with two attached hydrogens (primary N) is 1. The zero-order chi connectivity index (χ0) is 10.6. The molecule has 0 aromatic carbocycles. The summed E-state index contributed by atoms with van der Waals surface area (Å²) in [4.78, 5) is 10.5. The van der Waals surface area contributed by atoms with Crippen LogP contribution in [0, 0.1) is 0 Å². The quantitative estimate of drug-likeness (QED) is 0.646. The first kappa shape index (κ1) is 12.2. The van der Waals surface area contributed by atoms with E-state index >= 15 is 0 Å². The largest absolute Gasteiger partial charge is 0.383 e. The molecule has 0 heterocycles. The van der Waals surface area contributed by atoms with E-state index < -0.39 is 24.3 Å². The Morgan fingerprint density at radius 1 is 1.54 bits per heavy atom. The third-order valence-electron chi connectivity index (χ3n) is 1.31. The van der Waals surface area contributed by atoms with E-state index in [2.05, 4.69) is 0 Å². The molecule has 0 aromatic heterocycles. The maximum Gasteiger partial charge on any atom is 0.383 e. The normalized spacial score (nSPS) is 14.4. The predicted molar refractivity (Wildman–Crippen MR) is 37.6 cm³/mol. The number of amides is 1. The molecule has 0 spiro atoms. The van der Waals surface area contributed by atoms with Crippen molar-refractivity contribution in [2.75, 3.05) is 6.54 Å². The van der Waals surface area contributed by atoms with Crippen molar-refractivity contribution >= 4 is 5.91 Å². The van der Waals surface area contributed by atoms with E-state index in [1.165, 1.54) is 6.92 Å². The molecule has 0 aliphatic rings. The molecule has 1 amide bonds. The Morgan fingerprint density at radius 2 is 2.00 bits per heavy atom. The van der Waals surface area contributed by atoms with Crippen molar-refractivity contribution in [1.29, 1.82) is 0 Å². The molecule has 0 saturated heterocycles. The first-order chi connectivity index (χ1) is 5.82. The smallest absolute Gasteiger partial charge is 0.347 e. The van der Waals surface area contributed by atoms with Crippen LogP contribution >= 0.6 is 0 Å². The molecule has 3 N–H and O–H groups in total. The summed E-state index contributed by atoms with van der Waals surface area (Å²) < 4.78 is 47.6. The Kier molecular flexibility index (Phi) is 4.12. The van der Waals surface area contributed by atoms with Crippen LogP contribution in [0.1, 0.15) is 6.92 Å². The van der Waals surface area contributed by atoms with E-state index in [9.17, 15) is 22.4 Å². The summed E-state index contributed by atoms with van der Waals surface area (Å²) in [5.74, 6) is -6.65. The van der Waals surface area contributed by atoms with Crippen molar-refractivity contribution in [1.82, 2.24) is 5.32 Å². The highest BCUT2D eigenvalue weighted by atomic mass is 19.3. The monoisotopic (exact) mass is 202 g/mol. The van der Waals surface area contributed by atoms with E-state index in [4.69, 9.17) is 5.73 Å². The van der Waals surface area contributed by atoms with Crippen LogP contribution in [0.2, 0.25) is 0 Å². The summed E-state index contributed by atoms with van der Waals surface area (Å²) in [6.07, 6.45) is -4.00. The van der Waals surface area contributed by atoms with Crippen molar-refractivity contribution in [2.45, 2.75) is 25.3 Å². The van der Waals surface area contributed by atoms with Gasteiger partial charge in [-0.05, 0) is 6.92 Å². The molecule has 0 rings (SSSR count). The van der Waals surface area contributed by atoms with Crippen LogP contribution in [0.4, 0.5) is 17.6 Å². The highest BCUT2D eigenvalue weighted by molar-refractivity contribution is 5.84. The number of carbonyl (C=O) groups is 1. The van der Waals surface area contributed by atoms with Gasteiger partial charge in [0.05, 0.1) is 0 Å². The van der Waals surface area contributed by atoms with Gasteiger partial charge in [-0.1, -0.05) is 0 Å². The molecule has 0 aromatic rings. The third-order valence-corrected chi connectivity index (χ3v) is 1.31. The second-order valence-corrected chi connectivity index (χ2v) is 2.53. The van der Waals surface area contributed by atoms with Crippen LogP contribution in [-0.2, 0) is 4.79 Å². The van der Waals surface area contributed by atoms with E-state index in [0.717, 1.165) is 0 Å². The van der Waals surface area contributed by atoms with Crippen molar-refractivity contribution in [3.05, 3.63) is 0 Å². The SMILES string of the molecule is C[C@H](CN)NC(=O)C(F)(F)C(F)F. The topological polar surface area (TPSA) is 55.1 Å². The summed E-state index contributed by atoms with van der Waals surface area (Å²) in [5, 5.41) is 1.66. The van der Waals surface area contributed by atoms with E-state index in [-0.39, 0.29) is 6.54 Å². The molecule has 0 unspecified atom stereocenters. The minimum Gasteiger partial charge on any atom is -0.347 e. The van der Waals surface area contributed by atoms with Crippen LogP contribution in [-0.4, -0.2) is 30.8 Å². The lowest BCUT2D eigenvalue weighted by Crippen LogP contribution is -2.49. The van der Waals surface area contributed by atoms with Gasteiger partial charge in [0.1, 0.15) is 0 Å². The molecule has 1 atom stereocenters. The molecule has 78 valence electrons. The molecule has 0 fully saturated rings. The molecule has 0 aliphatic carbocycles. The Hall–Kier alpha value is -0.850. The summed E-state index contributed by atoms with van der Waals surface area (Å²) in [6.45, 7) is 1.24. The van der Waals surface area contributed by atoms with Gasteiger partial charge in [0.25, 0.3) is 5.91 Å². The van der Waals surface area contributed by atoms with E-state index in [0.29, 0.717) is 0 Å². The minimum absolute atomic E-state index is 0.0922. The first-order valence-corrected chi connectivity index (χ1v) is 3.49. The lowest BCUT2D eigenvalue weighted by Gasteiger charge is -2.17. The van der Waals surface area contributed by atoms with Gasteiger partial charge in [0, 0.05) is 12.6 Å². The molecule has 0 saturated carbocycles. The Balaban J connectivity index is 4.25. The molecule has 3 nitrogen and oxygen atoms in total. The van der Waals surface area contributed by atoms with Crippen LogP contribution in [0.3, 0.4) is 0 Å². The summed E-state index contributed by atoms with van der Waals surface area (Å²) in [5.41, 5.74) is 4.99. The second kappa shape index (κ2) is 4.40. The van der Waals surface area contributed by atoms with E-state index in [1.807, 2.05) is 0 Å². The van der Waals surface area contributed by atoms with Gasteiger partial charge in [-0.3, -0.25) is 4.79 Å². The maximum atomic E-state index is 12.2. The van der Waals surface area contributed by atoms with Crippen LogP contribution in [0.15, 0.2) is 0 Å². The number of hydrogen-bond acceptors (Lipinski definition) is 2. The van der Waals surface area contributed by atoms with Gasteiger partial charge >= 0.3 is 12.3 Å². The molecule has 0 aliphatic heterocycles. The summed E-state index contributed by atoms with van der Waals surface area (Å²) in [7, 11) is 0. The molecule has 7 heteroatoms. The number of rotatable bonds is 4. The second-order valence-electron chi connectivity index (χ2n) is 2.53. The van der Waals surface area contributed by atoms with Gasteiger partial charge in [0.15, 0.2) is 0 Å². The minimum atomic E-state index is -4.65. The standard InChI is InChI=1S/C6H10F4N2O/c1-3(2-11)12-5(13)6(9,10)4(7)8/h3-4H,2,11H2,1H3,(H,12,13)/t3-/m1/s1. The number of carbonyl (C=O) groups excluding carboxylic acids is 1. The highest BCUT2D eigenvalue weighted by Crippen LogP contribution is 2.22. The summed E-state index contributed by atoms with van der Waals surface area (Å²) >= 11 is 0. The van der Waals surface area contributed by atoms with Gasteiger partial charge in [-0.2, -0.15) is 8.78 Å². The first-order valence-electron chi connectivity index (χ1n) is 3.49. The lowest BCUT2D eigenvalue weighted by atomic mass is 10.3. The molecule has 0 radical (unpaired) electrons. The molecular weight excluding hydrogens is 192 g/mol. The highest BCUT2D eigenvalue weighted by Gasteiger charge is 2.49. The van der Waals surface area contributed by atoms with Crippen molar-refractivity contribution in [3.8, 4) is 0 Å². The Labute approximate surface area is 72.3 Å². The fraction of sp³-hybridized carbons (Fsp3) is 0.833. The van der Waals surface area contributed by atoms with Crippen molar-refractivity contribution < 1.29 is 22.4 Å². The lowest BCUT2D eigenvalue weighted by molar-refractivity contribution is -0.170. The number of hydrogen-bond donors (Lipinski definition) is 2. The number of alkyl halides is 4. The number of nitrogens with one attached hydrogen (secondary N) is 1. The zero-order valence-electron chi connectivity index (χ0n) is 6.86. The molecule has 0 bridgehead atoms. The van der Waals surface area contributed by atoms with Gasteiger partial charge < -0.3 is 11.1 Å². The fourth-order valence-corrected chi connectivity index (χ4v) is 0.478. The Bertz CT molecular complexity index is 185. The van der Waals surface area contributed by atoms with Gasteiger partial charge in [0.2, 0.25) is 0 Å². The van der Waals surface area contributed by atoms with Gasteiger partial charge in [-0.25, -0.2) is 8.78 Å². The van der Waals surface area contributed by atoms with Crippen LogP contribution in [0.25, 0.3) is 0 Å². The Morgan fingerprint density at radius 3 is 2.31 bits per heavy atom. The van der Waals surface area contributed by atoms with Crippen LogP contribution < -0.4 is 11.1 Å². The third kappa shape index (κ3) is 3.17. The maximum absolute atomic E-state index is 12.2. The van der Waals surface area contributed by atoms with Crippen LogP contribution in [0.5, 0.6) is 0 Å². The molecule has 13 heavy (non-hydrogen) atoms. The fourth-order valence-electron chi connectivity index (χ4n) is 0.478. The average molecular weight is 202 g/mol. The zero-order valence-corrected chi connectivity index (χ0v) is 6.86. The van der Waals surface area contributed by atoms with Gasteiger partial charge in [-0.15, -0.1) is 0 Å². The molecular formula is C6H10F4N2O. The number of halogens is 4. The van der Waals surface area contributed by atoms with Crippen molar-refractivity contribution in [2.24, 2.45) is 5.73 Å². The average Bonchev–Trinajstić information content (AvgIpc) is 2.03.